The first-order valence-corrected chi connectivity index (χ1v) is 9.83. The Hall–Kier alpha value is -1.73. The second-order valence-corrected chi connectivity index (χ2v) is 8.23. The molecule has 0 bridgehead atoms. The van der Waals surface area contributed by atoms with Crippen molar-refractivity contribution in [2.24, 2.45) is 11.7 Å². The minimum atomic E-state index is -0.957. The van der Waals surface area contributed by atoms with Gasteiger partial charge in [-0.1, -0.05) is 12.1 Å². The fourth-order valence-corrected chi connectivity index (χ4v) is 4.50. The number of rotatable bonds is 6. The van der Waals surface area contributed by atoms with Gasteiger partial charge in [0.1, 0.15) is 0 Å². The van der Waals surface area contributed by atoms with E-state index < -0.39 is 11.5 Å². The highest BCUT2D eigenvalue weighted by Gasteiger charge is 2.43. The lowest BCUT2D eigenvalue weighted by atomic mass is 9.75. The predicted molar refractivity (Wildman–Crippen MR) is 105 cm³/mol. The summed E-state index contributed by atoms with van der Waals surface area (Å²) in [7, 11) is 4.05. The molecule has 0 spiro atoms. The highest BCUT2D eigenvalue weighted by Crippen LogP contribution is 2.38. The molecule has 1 saturated heterocycles. The van der Waals surface area contributed by atoms with Crippen molar-refractivity contribution in [3.05, 3.63) is 57.8 Å². The molecular weight excluding hydrogens is 346 g/mol. The van der Waals surface area contributed by atoms with Crippen molar-refractivity contribution in [3.8, 4) is 0 Å². The van der Waals surface area contributed by atoms with E-state index in [4.69, 9.17) is 5.73 Å². The van der Waals surface area contributed by atoms with Crippen LogP contribution in [0.25, 0.3) is 0 Å². The lowest BCUT2D eigenvalue weighted by molar-refractivity contribution is -0.0862. The molecule has 2 atom stereocenters. The third kappa shape index (κ3) is 4.15. The number of aliphatic hydroxyl groups is 1. The number of nitrogens with two attached hydrogens (primary N) is 1. The number of thiophene rings is 1. The van der Waals surface area contributed by atoms with Crippen molar-refractivity contribution in [2.45, 2.75) is 18.6 Å². The molecule has 1 aliphatic rings. The summed E-state index contributed by atoms with van der Waals surface area (Å²) >= 11 is 1.71. The van der Waals surface area contributed by atoms with Crippen LogP contribution in [0.4, 0.5) is 0 Å². The van der Waals surface area contributed by atoms with Gasteiger partial charge in [0.15, 0.2) is 0 Å². The molecule has 1 aliphatic heterocycles. The molecule has 1 aromatic heterocycles. The van der Waals surface area contributed by atoms with E-state index in [1.54, 1.807) is 29.5 Å². The molecule has 1 fully saturated rings. The van der Waals surface area contributed by atoms with Gasteiger partial charge in [0.05, 0.1) is 5.60 Å². The molecule has 140 valence electrons. The molecule has 0 aliphatic carbocycles. The number of hydrogen-bond acceptors (Lipinski definition) is 5. The van der Waals surface area contributed by atoms with Crippen molar-refractivity contribution < 1.29 is 9.90 Å². The number of carbonyl (C=O) groups excluding carboxylic acids is 1. The first-order chi connectivity index (χ1) is 12.4. The minimum Gasteiger partial charge on any atom is -0.385 e. The smallest absolute Gasteiger partial charge is 0.248 e. The highest BCUT2D eigenvalue weighted by molar-refractivity contribution is 7.07. The summed E-state index contributed by atoms with van der Waals surface area (Å²) in [6.45, 7) is 3.31. The molecule has 0 radical (unpaired) electrons. The first-order valence-electron chi connectivity index (χ1n) is 8.89. The monoisotopic (exact) mass is 373 g/mol. The fraction of sp³-hybridized carbons (Fsp3) is 0.450. The van der Waals surface area contributed by atoms with Gasteiger partial charge in [-0.15, -0.1) is 0 Å². The summed E-state index contributed by atoms with van der Waals surface area (Å²) in [6.07, 6.45) is 0.637. The van der Waals surface area contributed by atoms with Crippen LogP contribution in [0.5, 0.6) is 0 Å². The van der Waals surface area contributed by atoms with Crippen molar-refractivity contribution in [2.75, 3.05) is 33.7 Å². The van der Waals surface area contributed by atoms with Crippen LogP contribution in [-0.4, -0.2) is 54.5 Å². The van der Waals surface area contributed by atoms with Crippen molar-refractivity contribution >= 4 is 17.2 Å². The number of primary amides is 1. The maximum Gasteiger partial charge on any atom is 0.248 e. The van der Waals surface area contributed by atoms with Gasteiger partial charge in [0, 0.05) is 37.7 Å². The SMILES string of the molecule is CN(C)CC1CN(Cc2ccsc2)CCC1(O)c1cccc(C(N)=O)c1. The number of benzene rings is 1. The van der Waals surface area contributed by atoms with E-state index in [9.17, 15) is 9.90 Å². The molecule has 1 aromatic carbocycles. The number of nitrogens with zero attached hydrogens (tertiary/aromatic N) is 2. The van der Waals surface area contributed by atoms with Gasteiger partial charge in [-0.05, 0) is 60.6 Å². The topological polar surface area (TPSA) is 69.8 Å². The van der Waals surface area contributed by atoms with Gasteiger partial charge >= 0.3 is 0 Å². The van der Waals surface area contributed by atoms with Gasteiger partial charge in [0.25, 0.3) is 0 Å². The molecule has 26 heavy (non-hydrogen) atoms. The van der Waals surface area contributed by atoms with E-state index in [1.807, 2.05) is 20.2 Å². The Balaban J connectivity index is 1.85. The second kappa shape index (κ2) is 7.88. The summed E-state index contributed by atoms with van der Waals surface area (Å²) in [5, 5.41) is 15.9. The maximum absolute atomic E-state index is 11.6. The lowest BCUT2D eigenvalue weighted by Gasteiger charge is -2.46. The van der Waals surface area contributed by atoms with Gasteiger partial charge in [-0.3, -0.25) is 9.69 Å². The summed E-state index contributed by atoms with van der Waals surface area (Å²) in [5.41, 5.74) is 7.03. The van der Waals surface area contributed by atoms with Crippen LogP contribution < -0.4 is 5.73 Å². The number of piperidine rings is 1. The summed E-state index contributed by atoms with van der Waals surface area (Å²) in [6, 6.07) is 9.31. The van der Waals surface area contributed by atoms with E-state index in [1.165, 1.54) is 5.56 Å². The molecule has 5 nitrogen and oxygen atoms in total. The molecule has 6 heteroatoms. The Morgan fingerprint density at radius 2 is 2.23 bits per heavy atom. The van der Waals surface area contributed by atoms with Gasteiger partial charge in [-0.2, -0.15) is 11.3 Å². The average molecular weight is 374 g/mol. The molecule has 3 N–H and O–H groups in total. The Morgan fingerprint density at radius 3 is 2.88 bits per heavy atom. The molecular formula is C20H27N3O2S. The Morgan fingerprint density at radius 1 is 1.42 bits per heavy atom. The van der Waals surface area contributed by atoms with Crippen molar-refractivity contribution in [1.82, 2.24) is 9.80 Å². The zero-order chi connectivity index (χ0) is 18.7. The van der Waals surface area contributed by atoms with Crippen LogP contribution in [0, 0.1) is 5.92 Å². The van der Waals surface area contributed by atoms with Gasteiger partial charge in [0.2, 0.25) is 5.91 Å². The third-order valence-electron chi connectivity index (χ3n) is 5.18. The van der Waals surface area contributed by atoms with Gasteiger partial charge in [-0.25, -0.2) is 0 Å². The first kappa shape index (κ1) is 19.0. The van der Waals surface area contributed by atoms with E-state index in [2.05, 4.69) is 26.6 Å². The van der Waals surface area contributed by atoms with Crippen LogP contribution in [0.3, 0.4) is 0 Å². The summed E-state index contributed by atoms with van der Waals surface area (Å²) < 4.78 is 0. The van der Waals surface area contributed by atoms with Crippen molar-refractivity contribution in [1.29, 1.82) is 0 Å². The number of carbonyl (C=O) groups is 1. The maximum atomic E-state index is 11.6. The Labute approximate surface area is 159 Å². The van der Waals surface area contributed by atoms with E-state index in [0.717, 1.165) is 31.7 Å². The Kier molecular flexibility index (Phi) is 5.77. The normalized spacial score (nSPS) is 24.1. The lowest BCUT2D eigenvalue weighted by Crippen LogP contribution is -2.52. The molecule has 3 rings (SSSR count). The predicted octanol–water partition coefficient (Wildman–Crippen LogP) is 2.12. The largest absolute Gasteiger partial charge is 0.385 e. The molecule has 1 amide bonds. The van der Waals surface area contributed by atoms with Crippen LogP contribution in [0.15, 0.2) is 41.1 Å². The molecule has 0 saturated carbocycles. The molecule has 2 unspecified atom stereocenters. The van der Waals surface area contributed by atoms with E-state index in [0.29, 0.717) is 12.0 Å². The van der Waals surface area contributed by atoms with Gasteiger partial charge < -0.3 is 15.7 Å². The molecule has 2 heterocycles. The summed E-state index contributed by atoms with van der Waals surface area (Å²) in [5.74, 6) is -0.414. The number of amides is 1. The summed E-state index contributed by atoms with van der Waals surface area (Å²) in [4.78, 5) is 16.1. The zero-order valence-electron chi connectivity index (χ0n) is 15.4. The van der Waals surface area contributed by atoms with Crippen LogP contribution in [-0.2, 0) is 12.1 Å². The average Bonchev–Trinajstić information content (AvgIpc) is 3.10. The van der Waals surface area contributed by atoms with E-state index >= 15 is 0 Å². The number of hydrogen-bond donors (Lipinski definition) is 2. The zero-order valence-corrected chi connectivity index (χ0v) is 16.2. The minimum absolute atomic E-state index is 0.0491. The second-order valence-electron chi connectivity index (χ2n) is 7.45. The molecule has 2 aromatic rings. The van der Waals surface area contributed by atoms with Crippen LogP contribution in [0.1, 0.15) is 27.9 Å². The van der Waals surface area contributed by atoms with Crippen LogP contribution in [0.2, 0.25) is 0 Å². The third-order valence-corrected chi connectivity index (χ3v) is 5.91. The number of likely N-dealkylation sites (tertiary alicyclic amines) is 1. The van der Waals surface area contributed by atoms with E-state index in [-0.39, 0.29) is 5.92 Å². The van der Waals surface area contributed by atoms with Crippen molar-refractivity contribution in [3.63, 3.8) is 0 Å². The van der Waals surface area contributed by atoms with Crippen LogP contribution >= 0.6 is 11.3 Å². The Bertz CT molecular complexity index is 747. The standard InChI is InChI=1S/C20H27N3O2S/c1-22(2)12-18-13-23(11-15-6-9-26-14-15)8-7-20(18,25)17-5-3-4-16(10-17)19(21)24/h3-6,9-10,14,18,25H,7-8,11-13H2,1-2H3,(H2,21,24). The highest BCUT2D eigenvalue weighted by atomic mass is 32.1. The quantitative estimate of drug-likeness (QED) is 0.814. The fourth-order valence-electron chi connectivity index (χ4n) is 3.84.